The van der Waals surface area contributed by atoms with E-state index in [9.17, 15) is 22.9 Å². The van der Waals surface area contributed by atoms with Gasteiger partial charge in [0.2, 0.25) is 15.8 Å². The first kappa shape index (κ1) is 18.8. The van der Waals surface area contributed by atoms with E-state index < -0.39 is 32.0 Å². The van der Waals surface area contributed by atoms with Gasteiger partial charge in [-0.3, -0.25) is 10.1 Å². The summed E-state index contributed by atoms with van der Waals surface area (Å²) in [5.41, 5.74) is -1.25. The van der Waals surface area contributed by atoms with Crippen LogP contribution in [0.1, 0.15) is 20.8 Å². The number of nitro groups is 1. The predicted molar refractivity (Wildman–Crippen MR) is 89.6 cm³/mol. The Balaban J connectivity index is 2.41. The lowest BCUT2D eigenvalue weighted by atomic mass is 10.1. The third kappa shape index (κ3) is 4.97. The summed E-state index contributed by atoms with van der Waals surface area (Å²) in [5, 5.41) is 11.3. The second-order valence-corrected chi connectivity index (χ2v) is 7.98. The summed E-state index contributed by atoms with van der Waals surface area (Å²) in [5.74, 6) is -0.434. The molecule has 0 saturated heterocycles. The Morgan fingerprint density at radius 2 is 1.72 bits per heavy atom. The van der Waals surface area contributed by atoms with Gasteiger partial charge >= 0.3 is 5.69 Å². The number of hydrogen-bond acceptors (Lipinski definition) is 5. The van der Waals surface area contributed by atoms with Gasteiger partial charge in [-0.25, -0.2) is 17.5 Å². The third-order valence-corrected chi connectivity index (χ3v) is 4.68. The molecule has 0 amide bonds. The fourth-order valence-electron chi connectivity index (χ4n) is 1.98. The van der Waals surface area contributed by atoms with E-state index in [1.54, 1.807) is 20.8 Å². The maximum atomic E-state index is 12.9. The van der Waals surface area contributed by atoms with Crippen LogP contribution in [-0.2, 0) is 10.0 Å². The molecule has 0 aliphatic heterocycles. The molecule has 0 aromatic heterocycles. The Labute approximate surface area is 144 Å². The molecule has 25 heavy (non-hydrogen) atoms. The van der Waals surface area contributed by atoms with Gasteiger partial charge in [0, 0.05) is 11.6 Å². The molecular formula is C16H17FN2O5S. The minimum atomic E-state index is -3.93. The SMILES string of the molecule is CC(C)(C)NS(=O)(=O)c1ccc(Oc2ccc(F)cc2)c([N+](=O)[O-])c1. The Morgan fingerprint density at radius 1 is 1.12 bits per heavy atom. The van der Waals surface area contributed by atoms with E-state index in [2.05, 4.69) is 4.72 Å². The van der Waals surface area contributed by atoms with Crippen molar-refractivity contribution in [2.75, 3.05) is 0 Å². The van der Waals surface area contributed by atoms with Crippen LogP contribution in [0.5, 0.6) is 11.5 Å². The number of hydrogen-bond donors (Lipinski definition) is 1. The zero-order valence-electron chi connectivity index (χ0n) is 13.8. The lowest BCUT2D eigenvalue weighted by Crippen LogP contribution is -2.40. The van der Waals surface area contributed by atoms with Gasteiger partial charge in [0.1, 0.15) is 11.6 Å². The van der Waals surface area contributed by atoms with Crippen molar-refractivity contribution in [1.82, 2.24) is 4.72 Å². The molecule has 2 aromatic rings. The lowest BCUT2D eigenvalue weighted by molar-refractivity contribution is -0.385. The van der Waals surface area contributed by atoms with Crippen molar-refractivity contribution in [1.29, 1.82) is 0 Å². The highest BCUT2D eigenvalue weighted by atomic mass is 32.2. The molecule has 0 atom stereocenters. The first-order valence-corrected chi connectivity index (χ1v) is 8.72. The van der Waals surface area contributed by atoms with Crippen LogP contribution in [0.2, 0.25) is 0 Å². The molecule has 0 bridgehead atoms. The van der Waals surface area contributed by atoms with Crippen molar-refractivity contribution >= 4 is 15.7 Å². The van der Waals surface area contributed by atoms with E-state index in [0.717, 1.165) is 18.2 Å². The zero-order chi connectivity index (χ0) is 18.8. The average molecular weight is 368 g/mol. The minimum Gasteiger partial charge on any atom is -0.450 e. The number of halogens is 1. The topological polar surface area (TPSA) is 98.5 Å². The summed E-state index contributed by atoms with van der Waals surface area (Å²) < 4.78 is 45.3. The highest BCUT2D eigenvalue weighted by molar-refractivity contribution is 7.89. The molecule has 9 heteroatoms. The number of benzene rings is 2. The molecule has 0 aliphatic carbocycles. The van der Waals surface area contributed by atoms with Gasteiger partial charge in [-0.05, 0) is 57.2 Å². The molecule has 0 radical (unpaired) electrons. The Kier molecular flexibility index (Phi) is 5.09. The summed E-state index contributed by atoms with van der Waals surface area (Å²) >= 11 is 0. The van der Waals surface area contributed by atoms with Crippen molar-refractivity contribution in [2.24, 2.45) is 0 Å². The molecule has 0 unspecified atom stereocenters. The quantitative estimate of drug-likeness (QED) is 0.642. The smallest absolute Gasteiger partial charge is 0.312 e. The molecule has 2 aromatic carbocycles. The van der Waals surface area contributed by atoms with Crippen molar-refractivity contribution in [3.8, 4) is 11.5 Å². The molecule has 0 spiro atoms. The fraction of sp³-hybridized carbons (Fsp3) is 0.250. The minimum absolute atomic E-state index is 0.147. The Bertz CT molecular complexity index is 890. The summed E-state index contributed by atoms with van der Waals surface area (Å²) in [4.78, 5) is 10.3. The lowest BCUT2D eigenvalue weighted by Gasteiger charge is -2.20. The van der Waals surface area contributed by atoms with E-state index in [4.69, 9.17) is 4.74 Å². The fourth-order valence-corrected chi connectivity index (χ4v) is 3.42. The Hall–Kier alpha value is -2.52. The second kappa shape index (κ2) is 6.77. The van der Waals surface area contributed by atoms with Gasteiger partial charge < -0.3 is 4.74 Å². The summed E-state index contributed by atoms with van der Waals surface area (Å²) in [6.45, 7) is 4.97. The first-order chi connectivity index (χ1) is 11.5. The van der Waals surface area contributed by atoms with Crippen molar-refractivity contribution in [3.63, 3.8) is 0 Å². The number of sulfonamides is 1. The summed E-state index contributed by atoms with van der Waals surface area (Å²) in [6, 6.07) is 8.24. The molecule has 0 heterocycles. The van der Waals surface area contributed by atoms with Crippen LogP contribution in [0, 0.1) is 15.9 Å². The maximum Gasteiger partial charge on any atom is 0.312 e. The van der Waals surface area contributed by atoms with Gasteiger partial charge in [0.15, 0.2) is 0 Å². The van der Waals surface area contributed by atoms with Crippen LogP contribution in [0.3, 0.4) is 0 Å². The average Bonchev–Trinajstić information content (AvgIpc) is 2.47. The van der Waals surface area contributed by atoms with E-state index >= 15 is 0 Å². The normalized spacial score (nSPS) is 12.0. The van der Waals surface area contributed by atoms with E-state index in [-0.39, 0.29) is 16.4 Å². The van der Waals surface area contributed by atoms with Crippen LogP contribution >= 0.6 is 0 Å². The van der Waals surface area contributed by atoms with Gasteiger partial charge in [0.05, 0.1) is 9.82 Å². The zero-order valence-corrected chi connectivity index (χ0v) is 14.6. The molecular weight excluding hydrogens is 351 g/mol. The number of ether oxygens (including phenoxy) is 1. The van der Waals surface area contributed by atoms with Crippen molar-refractivity contribution in [2.45, 2.75) is 31.2 Å². The second-order valence-electron chi connectivity index (χ2n) is 6.30. The standard InChI is InChI=1S/C16H17FN2O5S/c1-16(2,3)18-25(22,23)13-8-9-15(14(10-13)19(20)21)24-12-6-4-11(17)5-7-12/h4-10,18H,1-3H3. The Morgan fingerprint density at radius 3 is 2.24 bits per heavy atom. The van der Waals surface area contributed by atoms with E-state index in [1.807, 2.05) is 0 Å². The van der Waals surface area contributed by atoms with Gasteiger partial charge in [-0.2, -0.15) is 0 Å². The third-order valence-electron chi connectivity index (χ3n) is 2.92. The summed E-state index contributed by atoms with van der Waals surface area (Å²) in [7, 11) is -3.93. The van der Waals surface area contributed by atoms with Crippen LogP contribution < -0.4 is 9.46 Å². The van der Waals surface area contributed by atoms with Crippen molar-refractivity contribution in [3.05, 3.63) is 58.4 Å². The number of nitrogens with zero attached hydrogens (tertiary/aromatic N) is 1. The number of nitro benzene ring substituents is 1. The molecule has 7 nitrogen and oxygen atoms in total. The number of nitrogens with one attached hydrogen (secondary N) is 1. The van der Waals surface area contributed by atoms with Crippen LogP contribution in [0.4, 0.5) is 10.1 Å². The predicted octanol–water partition coefficient (Wildman–Crippen LogP) is 3.60. The summed E-state index contributed by atoms with van der Waals surface area (Å²) in [6.07, 6.45) is 0. The molecule has 0 aliphatic rings. The van der Waals surface area contributed by atoms with Gasteiger partial charge in [0.25, 0.3) is 0 Å². The van der Waals surface area contributed by atoms with Crippen LogP contribution in [0.15, 0.2) is 47.4 Å². The monoisotopic (exact) mass is 368 g/mol. The number of rotatable bonds is 5. The van der Waals surface area contributed by atoms with Gasteiger partial charge in [-0.1, -0.05) is 0 Å². The molecule has 134 valence electrons. The van der Waals surface area contributed by atoms with E-state index in [1.165, 1.54) is 24.3 Å². The molecule has 0 saturated carbocycles. The molecule has 1 N–H and O–H groups in total. The van der Waals surface area contributed by atoms with Crippen LogP contribution in [0.25, 0.3) is 0 Å². The largest absolute Gasteiger partial charge is 0.450 e. The van der Waals surface area contributed by atoms with Gasteiger partial charge in [-0.15, -0.1) is 0 Å². The first-order valence-electron chi connectivity index (χ1n) is 7.24. The maximum absolute atomic E-state index is 12.9. The van der Waals surface area contributed by atoms with Crippen LogP contribution in [-0.4, -0.2) is 18.9 Å². The molecule has 2 rings (SSSR count). The highest BCUT2D eigenvalue weighted by Crippen LogP contribution is 2.33. The highest BCUT2D eigenvalue weighted by Gasteiger charge is 2.26. The van der Waals surface area contributed by atoms with Crippen molar-refractivity contribution < 1.29 is 22.5 Å². The van der Waals surface area contributed by atoms with E-state index in [0.29, 0.717) is 0 Å². The molecule has 0 fully saturated rings.